The Hall–Kier alpha value is -3.78. The van der Waals surface area contributed by atoms with E-state index in [-0.39, 0.29) is 23.7 Å². The number of aliphatic hydroxyl groups excluding tert-OH is 1. The Kier molecular flexibility index (Phi) is 5.16. The van der Waals surface area contributed by atoms with Gasteiger partial charge in [0.2, 0.25) is 5.78 Å². The molecule has 1 aromatic heterocycles. The highest BCUT2D eigenvalue weighted by atomic mass is 16.5. The zero-order chi connectivity index (χ0) is 21.3. The Balaban J connectivity index is 1.65. The molecule has 2 heterocycles. The second-order valence-corrected chi connectivity index (χ2v) is 6.75. The first-order chi connectivity index (χ1) is 14.5. The smallest absolute Gasteiger partial charge is 0.202 e. The van der Waals surface area contributed by atoms with Gasteiger partial charge in [-0.25, -0.2) is 0 Å². The van der Waals surface area contributed by atoms with Crippen molar-refractivity contribution in [1.29, 1.82) is 0 Å². The summed E-state index contributed by atoms with van der Waals surface area (Å²) in [5.74, 6) is -0.567. The van der Waals surface area contributed by atoms with Gasteiger partial charge < -0.3 is 29.5 Å². The monoisotopic (exact) mass is 409 g/mol. The predicted octanol–water partition coefficient (Wildman–Crippen LogP) is 2.76. The summed E-state index contributed by atoms with van der Waals surface area (Å²) in [5, 5.41) is 30.2. The van der Waals surface area contributed by atoms with Gasteiger partial charge in [-0.2, -0.15) is 0 Å². The Bertz CT molecular complexity index is 1080. The summed E-state index contributed by atoms with van der Waals surface area (Å²) in [4.78, 5) is 16.7. The van der Waals surface area contributed by atoms with E-state index in [4.69, 9.17) is 14.2 Å². The molecule has 3 aromatic rings. The SMILES string of the molecule is COc1ccc(C2Oc3cc(O)cc(O)c3C(=O)C2O)cc1OCc1cccnc1. The van der Waals surface area contributed by atoms with Gasteiger partial charge >= 0.3 is 0 Å². The molecule has 0 amide bonds. The molecule has 0 aliphatic carbocycles. The van der Waals surface area contributed by atoms with Crippen molar-refractivity contribution in [2.24, 2.45) is 0 Å². The van der Waals surface area contributed by atoms with Crippen LogP contribution in [0.2, 0.25) is 0 Å². The summed E-state index contributed by atoms with van der Waals surface area (Å²) in [7, 11) is 1.50. The van der Waals surface area contributed by atoms with Crippen LogP contribution in [0.1, 0.15) is 27.6 Å². The average Bonchev–Trinajstić information content (AvgIpc) is 2.74. The van der Waals surface area contributed by atoms with Crippen LogP contribution in [0, 0.1) is 0 Å². The third kappa shape index (κ3) is 3.60. The molecule has 1 aliphatic rings. The number of rotatable bonds is 5. The standard InChI is InChI=1S/C22H19NO7/c1-28-16-5-4-13(7-17(16)29-11-12-3-2-6-23-10-12)22-21(27)20(26)19-15(25)8-14(24)9-18(19)30-22/h2-10,21-22,24-25,27H,11H2,1H3. The zero-order valence-electron chi connectivity index (χ0n) is 16.0. The van der Waals surface area contributed by atoms with E-state index in [0.29, 0.717) is 17.1 Å². The second kappa shape index (κ2) is 7.92. The molecule has 2 unspecified atom stereocenters. The average molecular weight is 409 g/mol. The Labute approximate surface area is 171 Å². The number of phenolic OH excluding ortho intramolecular Hbond substituents is 2. The largest absolute Gasteiger partial charge is 0.508 e. The van der Waals surface area contributed by atoms with Crippen molar-refractivity contribution in [3.05, 3.63) is 71.5 Å². The number of ketones is 1. The minimum absolute atomic E-state index is 0.0125. The highest BCUT2D eigenvalue weighted by molar-refractivity contribution is 6.05. The number of pyridine rings is 1. The van der Waals surface area contributed by atoms with E-state index in [0.717, 1.165) is 11.6 Å². The van der Waals surface area contributed by atoms with Crippen molar-refractivity contribution in [1.82, 2.24) is 4.98 Å². The maximum Gasteiger partial charge on any atom is 0.202 e. The van der Waals surface area contributed by atoms with Crippen molar-refractivity contribution >= 4 is 5.78 Å². The summed E-state index contributed by atoms with van der Waals surface area (Å²) in [6, 6.07) is 10.8. The molecule has 0 saturated heterocycles. The molecule has 8 heteroatoms. The van der Waals surface area contributed by atoms with Crippen LogP contribution in [-0.4, -0.2) is 39.3 Å². The minimum atomic E-state index is -1.55. The minimum Gasteiger partial charge on any atom is -0.508 e. The van der Waals surface area contributed by atoms with Crippen molar-refractivity contribution < 1.29 is 34.3 Å². The van der Waals surface area contributed by atoms with Gasteiger partial charge in [0.15, 0.2) is 23.7 Å². The topological polar surface area (TPSA) is 118 Å². The van der Waals surface area contributed by atoms with Crippen LogP contribution in [0.5, 0.6) is 28.7 Å². The molecule has 3 N–H and O–H groups in total. The van der Waals surface area contributed by atoms with Gasteiger partial charge in [-0.15, -0.1) is 0 Å². The molecule has 0 spiro atoms. The maximum absolute atomic E-state index is 12.6. The molecule has 0 radical (unpaired) electrons. The molecular formula is C22H19NO7. The number of fused-ring (bicyclic) bond motifs is 1. The van der Waals surface area contributed by atoms with Crippen LogP contribution >= 0.6 is 0 Å². The first-order valence-electron chi connectivity index (χ1n) is 9.12. The summed E-state index contributed by atoms with van der Waals surface area (Å²) in [6.07, 6.45) is 0.737. The normalized spacial score (nSPS) is 17.7. The van der Waals surface area contributed by atoms with Crippen LogP contribution < -0.4 is 14.2 Å². The quantitative estimate of drug-likeness (QED) is 0.589. The van der Waals surface area contributed by atoms with Gasteiger partial charge in [-0.1, -0.05) is 12.1 Å². The number of aromatic nitrogens is 1. The number of ether oxygens (including phenoxy) is 3. The van der Waals surface area contributed by atoms with E-state index in [1.54, 1.807) is 36.7 Å². The van der Waals surface area contributed by atoms with Gasteiger partial charge in [-0.3, -0.25) is 9.78 Å². The van der Waals surface area contributed by atoms with Gasteiger partial charge in [0, 0.05) is 30.1 Å². The van der Waals surface area contributed by atoms with Crippen molar-refractivity contribution in [3.63, 3.8) is 0 Å². The van der Waals surface area contributed by atoms with Crippen LogP contribution in [-0.2, 0) is 6.61 Å². The molecule has 1 aliphatic heterocycles. The third-order valence-electron chi connectivity index (χ3n) is 4.76. The van der Waals surface area contributed by atoms with Crippen LogP contribution in [0.25, 0.3) is 0 Å². The van der Waals surface area contributed by atoms with Crippen LogP contribution in [0.3, 0.4) is 0 Å². The highest BCUT2D eigenvalue weighted by Gasteiger charge is 2.39. The Morgan fingerprint density at radius 2 is 1.97 bits per heavy atom. The van der Waals surface area contributed by atoms with E-state index in [2.05, 4.69) is 4.98 Å². The molecule has 154 valence electrons. The number of aliphatic hydroxyl groups is 1. The van der Waals surface area contributed by atoms with E-state index in [1.807, 2.05) is 6.07 Å². The summed E-state index contributed by atoms with van der Waals surface area (Å²) in [6.45, 7) is 0.241. The number of nitrogens with zero attached hydrogens (tertiary/aromatic N) is 1. The first-order valence-corrected chi connectivity index (χ1v) is 9.12. The van der Waals surface area contributed by atoms with Crippen LogP contribution in [0.4, 0.5) is 0 Å². The fourth-order valence-electron chi connectivity index (χ4n) is 3.29. The lowest BCUT2D eigenvalue weighted by atomic mass is 9.92. The molecule has 2 atom stereocenters. The van der Waals surface area contributed by atoms with Gasteiger partial charge in [-0.05, 0) is 23.8 Å². The number of hydrogen-bond donors (Lipinski definition) is 3. The number of carbonyl (C=O) groups excluding carboxylic acids is 1. The molecule has 0 fully saturated rings. The lowest BCUT2D eigenvalue weighted by Crippen LogP contribution is -2.36. The van der Waals surface area contributed by atoms with E-state index >= 15 is 0 Å². The van der Waals surface area contributed by atoms with E-state index in [9.17, 15) is 20.1 Å². The van der Waals surface area contributed by atoms with Gasteiger partial charge in [0.1, 0.15) is 29.4 Å². The molecule has 0 saturated carbocycles. The number of carbonyl (C=O) groups is 1. The lowest BCUT2D eigenvalue weighted by Gasteiger charge is -2.30. The highest BCUT2D eigenvalue weighted by Crippen LogP contribution is 2.43. The number of aromatic hydroxyl groups is 2. The molecular weight excluding hydrogens is 390 g/mol. The Morgan fingerprint density at radius 3 is 2.70 bits per heavy atom. The lowest BCUT2D eigenvalue weighted by molar-refractivity contribution is 0.0209. The third-order valence-corrected chi connectivity index (χ3v) is 4.76. The number of hydrogen-bond acceptors (Lipinski definition) is 8. The second-order valence-electron chi connectivity index (χ2n) is 6.75. The number of phenols is 2. The van der Waals surface area contributed by atoms with E-state index in [1.165, 1.54) is 13.2 Å². The molecule has 30 heavy (non-hydrogen) atoms. The number of Topliss-reactive ketones (excluding diaryl/α,β-unsaturated/α-hetero) is 1. The van der Waals surface area contributed by atoms with Crippen LogP contribution in [0.15, 0.2) is 54.9 Å². The Morgan fingerprint density at radius 1 is 1.13 bits per heavy atom. The summed E-state index contributed by atoms with van der Waals surface area (Å²) >= 11 is 0. The fraction of sp³-hybridized carbons (Fsp3) is 0.182. The van der Waals surface area contributed by atoms with Crippen molar-refractivity contribution in [2.45, 2.75) is 18.8 Å². The van der Waals surface area contributed by atoms with Gasteiger partial charge in [0.05, 0.1) is 7.11 Å². The molecule has 2 aromatic carbocycles. The fourth-order valence-corrected chi connectivity index (χ4v) is 3.29. The maximum atomic E-state index is 12.6. The molecule has 0 bridgehead atoms. The van der Waals surface area contributed by atoms with Crippen molar-refractivity contribution in [2.75, 3.05) is 7.11 Å². The predicted molar refractivity (Wildman–Crippen MR) is 105 cm³/mol. The summed E-state index contributed by atoms with van der Waals surface area (Å²) in [5.41, 5.74) is 1.15. The van der Waals surface area contributed by atoms with E-state index < -0.39 is 23.7 Å². The number of methoxy groups -OCH3 is 1. The summed E-state index contributed by atoms with van der Waals surface area (Å²) < 4.78 is 16.9. The molecule has 4 rings (SSSR count). The molecule has 8 nitrogen and oxygen atoms in total. The van der Waals surface area contributed by atoms with Gasteiger partial charge in [0.25, 0.3) is 0 Å². The first kappa shape index (κ1) is 19.5. The van der Waals surface area contributed by atoms with Crippen molar-refractivity contribution in [3.8, 4) is 28.7 Å². The number of benzene rings is 2. The zero-order valence-corrected chi connectivity index (χ0v) is 16.0.